The number of nitrogens with zero attached hydrogens (tertiary/aromatic N) is 1. The molecule has 4 rings (SSSR count). The molecule has 5 nitrogen and oxygen atoms in total. The molecular weight excluding hydrogens is 354 g/mol. The molecule has 1 aliphatic carbocycles. The number of allylic oxidation sites excluding steroid dienone is 2. The van der Waals surface area contributed by atoms with E-state index in [9.17, 15) is 19.8 Å². The van der Waals surface area contributed by atoms with Gasteiger partial charge in [0.25, 0.3) is 0 Å². The van der Waals surface area contributed by atoms with Crippen molar-refractivity contribution in [3.05, 3.63) is 65.4 Å². The second kappa shape index (κ2) is 6.51. The van der Waals surface area contributed by atoms with Crippen molar-refractivity contribution >= 4 is 17.4 Å². The second-order valence-electron chi connectivity index (χ2n) is 8.37. The van der Waals surface area contributed by atoms with Crippen LogP contribution in [-0.2, 0) is 9.59 Å². The average molecular weight is 377 g/mol. The fraction of sp³-hybridized carbons (Fsp3) is 0.304. The van der Waals surface area contributed by atoms with E-state index in [4.69, 9.17) is 0 Å². The number of phenolic OH excluding ortho intramolecular Hbond substituents is 2. The number of hydrogen-bond acceptors (Lipinski definition) is 4. The first-order chi connectivity index (χ1) is 13.3. The van der Waals surface area contributed by atoms with E-state index in [1.165, 1.54) is 4.90 Å². The molecule has 2 aromatic rings. The number of carbonyl (C=O) groups excluding carboxylic acids is 2. The third-order valence-electron chi connectivity index (χ3n) is 5.56. The van der Waals surface area contributed by atoms with Crippen molar-refractivity contribution < 1.29 is 19.8 Å². The Labute approximate surface area is 163 Å². The highest BCUT2D eigenvalue weighted by Gasteiger charge is 2.44. The van der Waals surface area contributed by atoms with E-state index >= 15 is 0 Å². The van der Waals surface area contributed by atoms with Crippen LogP contribution in [0.5, 0.6) is 11.5 Å². The van der Waals surface area contributed by atoms with Gasteiger partial charge >= 0.3 is 0 Å². The van der Waals surface area contributed by atoms with Gasteiger partial charge in [0, 0.05) is 30.0 Å². The maximum atomic E-state index is 13.2. The van der Waals surface area contributed by atoms with Crippen LogP contribution in [0.1, 0.15) is 44.6 Å². The fourth-order valence-electron chi connectivity index (χ4n) is 4.34. The van der Waals surface area contributed by atoms with Crippen molar-refractivity contribution in [3.8, 4) is 11.5 Å². The predicted octanol–water partition coefficient (Wildman–Crippen LogP) is 4.26. The summed E-state index contributed by atoms with van der Waals surface area (Å²) in [6.07, 6.45) is 1.13. The van der Waals surface area contributed by atoms with Gasteiger partial charge in [-0.1, -0.05) is 38.1 Å². The molecule has 1 atom stereocenters. The molecule has 0 aromatic heterocycles. The predicted molar refractivity (Wildman–Crippen MR) is 106 cm³/mol. The van der Waals surface area contributed by atoms with Gasteiger partial charge in [-0.2, -0.15) is 0 Å². The van der Waals surface area contributed by atoms with Crippen molar-refractivity contribution in [1.82, 2.24) is 0 Å². The topological polar surface area (TPSA) is 77.8 Å². The Morgan fingerprint density at radius 1 is 0.964 bits per heavy atom. The summed E-state index contributed by atoms with van der Waals surface area (Å²) < 4.78 is 0. The van der Waals surface area contributed by atoms with Gasteiger partial charge in [0.2, 0.25) is 5.91 Å². The van der Waals surface area contributed by atoms with Crippen LogP contribution in [0.4, 0.5) is 5.69 Å². The Hall–Kier alpha value is -3.08. The summed E-state index contributed by atoms with van der Waals surface area (Å²) in [5.74, 6) is -0.288. The number of para-hydroxylation sites is 2. The summed E-state index contributed by atoms with van der Waals surface area (Å²) in [6.45, 7) is 4.04. The first-order valence-electron chi connectivity index (χ1n) is 9.43. The van der Waals surface area contributed by atoms with Crippen molar-refractivity contribution in [1.29, 1.82) is 0 Å². The molecule has 0 fully saturated rings. The number of ketones is 1. The van der Waals surface area contributed by atoms with E-state index in [-0.39, 0.29) is 40.9 Å². The van der Waals surface area contributed by atoms with E-state index in [1.54, 1.807) is 48.5 Å². The van der Waals surface area contributed by atoms with E-state index < -0.39 is 0 Å². The quantitative estimate of drug-likeness (QED) is 0.820. The lowest BCUT2D eigenvalue weighted by Crippen LogP contribution is -2.43. The number of anilines is 1. The highest BCUT2D eigenvalue weighted by Crippen LogP contribution is 2.49. The number of phenols is 2. The molecular formula is C23H23NO4. The molecule has 144 valence electrons. The lowest BCUT2D eigenvalue weighted by Gasteiger charge is -2.43. The average Bonchev–Trinajstić information content (AvgIpc) is 2.62. The number of hydrogen-bond donors (Lipinski definition) is 2. The Morgan fingerprint density at radius 3 is 2.32 bits per heavy atom. The monoisotopic (exact) mass is 377 g/mol. The molecule has 0 saturated heterocycles. The second-order valence-corrected chi connectivity index (χ2v) is 8.37. The van der Waals surface area contributed by atoms with Gasteiger partial charge in [0.15, 0.2) is 5.78 Å². The van der Waals surface area contributed by atoms with Crippen LogP contribution < -0.4 is 4.90 Å². The molecule has 28 heavy (non-hydrogen) atoms. The number of Topliss-reactive ketones (excluding diaryl/α,β-unsaturated/α-hetero) is 1. The Balaban J connectivity index is 1.91. The molecule has 0 bridgehead atoms. The van der Waals surface area contributed by atoms with Crippen molar-refractivity contribution in [3.63, 3.8) is 0 Å². The van der Waals surface area contributed by atoms with E-state index in [0.717, 1.165) is 5.56 Å². The van der Waals surface area contributed by atoms with Crippen molar-refractivity contribution in [2.45, 2.75) is 39.0 Å². The van der Waals surface area contributed by atoms with Crippen LogP contribution in [0.15, 0.2) is 59.8 Å². The summed E-state index contributed by atoms with van der Waals surface area (Å²) in [6, 6.07) is 13.4. The minimum atomic E-state index is -0.339. The minimum absolute atomic E-state index is 0.0154. The standard InChI is InChI=1S/C23H23NO4/c1-23(2)12-18-22(20(27)13-23)16(14-7-9-15(25)10-8-14)11-21(28)24(18)17-5-3-4-6-19(17)26/h3-10,16,25-26H,11-13H2,1-2H3. The van der Waals surface area contributed by atoms with E-state index in [0.29, 0.717) is 29.8 Å². The summed E-state index contributed by atoms with van der Waals surface area (Å²) >= 11 is 0. The molecule has 2 aromatic carbocycles. The van der Waals surface area contributed by atoms with Crippen molar-refractivity contribution in [2.24, 2.45) is 5.41 Å². The van der Waals surface area contributed by atoms with Gasteiger partial charge < -0.3 is 10.2 Å². The molecule has 5 heteroatoms. The molecule has 2 aliphatic rings. The number of rotatable bonds is 2. The molecule has 0 spiro atoms. The lowest BCUT2D eigenvalue weighted by molar-refractivity contribution is -0.121. The number of amides is 1. The van der Waals surface area contributed by atoms with Gasteiger partial charge in [-0.15, -0.1) is 0 Å². The zero-order valence-corrected chi connectivity index (χ0v) is 16.0. The van der Waals surface area contributed by atoms with Crippen LogP contribution in [0.25, 0.3) is 0 Å². The van der Waals surface area contributed by atoms with Crippen LogP contribution in [0.2, 0.25) is 0 Å². The van der Waals surface area contributed by atoms with Gasteiger partial charge in [-0.05, 0) is 41.7 Å². The molecule has 2 N–H and O–H groups in total. The van der Waals surface area contributed by atoms with Crippen LogP contribution in [-0.4, -0.2) is 21.9 Å². The van der Waals surface area contributed by atoms with Gasteiger partial charge in [-0.25, -0.2) is 0 Å². The van der Waals surface area contributed by atoms with Crippen LogP contribution in [0, 0.1) is 5.41 Å². The third-order valence-corrected chi connectivity index (χ3v) is 5.56. The zero-order chi connectivity index (χ0) is 20.1. The highest BCUT2D eigenvalue weighted by atomic mass is 16.3. The largest absolute Gasteiger partial charge is 0.508 e. The smallest absolute Gasteiger partial charge is 0.232 e. The Bertz CT molecular complexity index is 988. The third kappa shape index (κ3) is 3.07. The first-order valence-corrected chi connectivity index (χ1v) is 9.43. The molecule has 1 heterocycles. The maximum Gasteiger partial charge on any atom is 0.232 e. The maximum absolute atomic E-state index is 13.2. The number of benzene rings is 2. The van der Waals surface area contributed by atoms with Gasteiger partial charge in [-0.3, -0.25) is 14.5 Å². The fourth-order valence-corrected chi connectivity index (χ4v) is 4.34. The van der Waals surface area contributed by atoms with Crippen molar-refractivity contribution in [2.75, 3.05) is 4.90 Å². The number of aromatic hydroxyl groups is 2. The number of carbonyl (C=O) groups is 2. The summed E-state index contributed by atoms with van der Waals surface area (Å²) in [5, 5.41) is 20.0. The molecule has 1 amide bonds. The summed E-state index contributed by atoms with van der Waals surface area (Å²) in [5.41, 5.74) is 2.30. The summed E-state index contributed by atoms with van der Waals surface area (Å²) in [7, 11) is 0. The molecule has 0 radical (unpaired) electrons. The Kier molecular flexibility index (Phi) is 4.26. The van der Waals surface area contributed by atoms with Gasteiger partial charge in [0.05, 0.1) is 5.69 Å². The SMILES string of the molecule is CC1(C)CC(=O)C2=C(C1)N(c1ccccc1O)C(=O)CC2c1ccc(O)cc1. The zero-order valence-electron chi connectivity index (χ0n) is 16.0. The molecule has 1 aliphatic heterocycles. The summed E-state index contributed by atoms with van der Waals surface area (Å²) in [4.78, 5) is 27.9. The highest BCUT2D eigenvalue weighted by molar-refractivity contribution is 6.08. The van der Waals surface area contributed by atoms with Gasteiger partial charge in [0.1, 0.15) is 11.5 Å². The lowest BCUT2D eigenvalue weighted by atomic mass is 9.69. The Morgan fingerprint density at radius 2 is 1.64 bits per heavy atom. The molecule has 1 unspecified atom stereocenters. The van der Waals surface area contributed by atoms with E-state index in [1.807, 2.05) is 13.8 Å². The normalized spacial score (nSPS) is 21.6. The van der Waals surface area contributed by atoms with Crippen LogP contribution >= 0.6 is 0 Å². The van der Waals surface area contributed by atoms with Crippen LogP contribution in [0.3, 0.4) is 0 Å². The first kappa shape index (κ1) is 18.3. The minimum Gasteiger partial charge on any atom is -0.508 e. The van der Waals surface area contributed by atoms with E-state index in [2.05, 4.69) is 0 Å². The molecule has 0 saturated carbocycles.